The van der Waals surface area contributed by atoms with Crippen LogP contribution in [0.5, 0.6) is 0 Å². The van der Waals surface area contributed by atoms with Crippen molar-refractivity contribution in [1.29, 1.82) is 0 Å². The van der Waals surface area contributed by atoms with E-state index in [-0.39, 0.29) is 6.61 Å². The van der Waals surface area contributed by atoms with Gasteiger partial charge in [-0.05, 0) is 43.0 Å². The predicted octanol–water partition coefficient (Wildman–Crippen LogP) is 3.10. The van der Waals surface area contributed by atoms with E-state index in [0.717, 1.165) is 17.1 Å². The lowest BCUT2D eigenvalue weighted by Crippen LogP contribution is -2.06. The van der Waals surface area contributed by atoms with Gasteiger partial charge >= 0.3 is 0 Å². The van der Waals surface area contributed by atoms with Crippen molar-refractivity contribution in [2.45, 2.75) is 40.2 Å². The molecule has 3 nitrogen and oxygen atoms in total. The smallest absolute Gasteiger partial charge is 0.0886 e. The van der Waals surface area contributed by atoms with Crippen molar-refractivity contribution in [2.24, 2.45) is 0 Å². The summed E-state index contributed by atoms with van der Waals surface area (Å²) in [5.41, 5.74) is 5.43. The molecule has 1 aromatic heterocycles. The van der Waals surface area contributed by atoms with Crippen LogP contribution in [0.15, 0.2) is 24.3 Å². The lowest BCUT2D eigenvalue weighted by atomic mass is 10.1. The van der Waals surface area contributed by atoms with Crippen molar-refractivity contribution in [3.8, 4) is 5.69 Å². The fourth-order valence-electron chi connectivity index (χ4n) is 2.09. The Balaban J connectivity index is 2.62. The molecule has 2 aromatic rings. The maximum atomic E-state index is 9.25. The first kappa shape index (κ1) is 12.8. The third kappa shape index (κ3) is 2.18. The SMILES string of the molecule is Cc1cccc(-n2nc(CO)cc2C(C)C)c1C. The summed E-state index contributed by atoms with van der Waals surface area (Å²) in [7, 11) is 0. The fraction of sp³-hybridized carbons (Fsp3) is 0.400. The van der Waals surface area contributed by atoms with Crippen LogP contribution < -0.4 is 0 Å². The van der Waals surface area contributed by atoms with Gasteiger partial charge in [0.1, 0.15) is 0 Å². The summed E-state index contributed by atoms with van der Waals surface area (Å²) in [6, 6.07) is 8.20. The molecule has 0 saturated heterocycles. The van der Waals surface area contributed by atoms with Gasteiger partial charge in [0.2, 0.25) is 0 Å². The Bertz CT molecular complexity index is 556. The molecule has 1 heterocycles. The maximum absolute atomic E-state index is 9.25. The molecule has 0 bridgehead atoms. The zero-order valence-electron chi connectivity index (χ0n) is 11.4. The van der Waals surface area contributed by atoms with Crippen LogP contribution >= 0.6 is 0 Å². The number of hydrogen-bond acceptors (Lipinski definition) is 2. The monoisotopic (exact) mass is 244 g/mol. The van der Waals surface area contributed by atoms with Crippen LogP contribution in [0.4, 0.5) is 0 Å². The highest BCUT2D eigenvalue weighted by molar-refractivity contribution is 5.45. The van der Waals surface area contributed by atoms with E-state index in [4.69, 9.17) is 0 Å². The van der Waals surface area contributed by atoms with Crippen molar-refractivity contribution in [3.05, 3.63) is 46.8 Å². The molecular formula is C15H20N2O. The van der Waals surface area contributed by atoms with Gasteiger partial charge in [-0.2, -0.15) is 5.10 Å². The Morgan fingerprint density at radius 2 is 2.00 bits per heavy atom. The third-order valence-corrected chi connectivity index (χ3v) is 3.35. The lowest BCUT2D eigenvalue weighted by molar-refractivity contribution is 0.276. The van der Waals surface area contributed by atoms with Gasteiger partial charge in [0.25, 0.3) is 0 Å². The molecule has 3 heteroatoms. The molecule has 0 aliphatic heterocycles. The summed E-state index contributed by atoms with van der Waals surface area (Å²) in [6.07, 6.45) is 0. The van der Waals surface area contributed by atoms with Gasteiger partial charge in [-0.15, -0.1) is 0 Å². The fourth-order valence-corrected chi connectivity index (χ4v) is 2.09. The normalized spacial score (nSPS) is 11.2. The van der Waals surface area contributed by atoms with E-state index in [9.17, 15) is 5.11 Å². The third-order valence-electron chi connectivity index (χ3n) is 3.35. The summed E-state index contributed by atoms with van der Waals surface area (Å²) >= 11 is 0. The average molecular weight is 244 g/mol. The molecule has 0 atom stereocenters. The minimum absolute atomic E-state index is 0.0163. The van der Waals surface area contributed by atoms with Crippen LogP contribution in [-0.4, -0.2) is 14.9 Å². The Labute approximate surface area is 108 Å². The quantitative estimate of drug-likeness (QED) is 0.901. The molecule has 1 N–H and O–H groups in total. The zero-order chi connectivity index (χ0) is 13.3. The van der Waals surface area contributed by atoms with Crippen LogP contribution in [0.3, 0.4) is 0 Å². The van der Waals surface area contributed by atoms with E-state index >= 15 is 0 Å². The number of aryl methyl sites for hydroxylation is 1. The molecule has 0 fully saturated rings. The molecule has 0 radical (unpaired) electrons. The molecule has 96 valence electrons. The standard InChI is InChI=1S/C15H20N2O/c1-10(2)15-8-13(9-18)16-17(15)14-7-5-6-11(3)12(14)4/h5-8,10,18H,9H2,1-4H3. The largest absolute Gasteiger partial charge is 0.390 e. The van der Waals surface area contributed by atoms with Crippen LogP contribution in [0.25, 0.3) is 5.69 Å². The first-order valence-electron chi connectivity index (χ1n) is 6.31. The number of aromatic nitrogens is 2. The predicted molar refractivity (Wildman–Crippen MR) is 73.0 cm³/mol. The number of aliphatic hydroxyl groups is 1. The van der Waals surface area contributed by atoms with Crippen molar-refractivity contribution in [3.63, 3.8) is 0 Å². The number of hydrogen-bond donors (Lipinski definition) is 1. The van der Waals surface area contributed by atoms with E-state index in [0.29, 0.717) is 5.92 Å². The van der Waals surface area contributed by atoms with Crippen LogP contribution in [0.2, 0.25) is 0 Å². The number of aliphatic hydroxyl groups excluding tert-OH is 1. The van der Waals surface area contributed by atoms with Crippen molar-refractivity contribution in [1.82, 2.24) is 9.78 Å². The number of nitrogens with zero attached hydrogens (tertiary/aromatic N) is 2. The molecule has 0 aliphatic rings. The molecule has 0 spiro atoms. The lowest BCUT2D eigenvalue weighted by Gasteiger charge is -2.13. The first-order chi connectivity index (χ1) is 8.54. The van der Waals surface area contributed by atoms with Gasteiger partial charge < -0.3 is 5.11 Å². The Morgan fingerprint density at radius 3 is 2.61 bits per heavy atom. The van der Waals surface area contributed by atoms with Gasteiger partial charge in [0, 0.05) is 5.69 Å². The molecule has 1 aromatic carbocycles. The van der Waals surface area contributed by atoms with E-state index in [1.165, 1.54) is 11.1 Å². The minimum Gasteiger partial charge on any atom is -0.390 e. The molecular weight excluding hydrogens is 224 g/mol. The second-order valence-corrected chi connectivity index (χ2v) is 5.00. The second-order valence-electron chi connectivity index (χ2n) is 5.00. The molecule has 18 heavy (non-hydrogen) atoms. The van der Waals surface area contributed by atoms with Crippen molar-refractivity contribution >= 4 is 0 Å². The first-order valence-corrected chi connectivity index (χ1v) is 6.31. The van der Waals surface area contributed by atoms with E-state index < -0.39 is 0 Å². The summed E-state index contributed by atoms with van der Waals surface area (Å²) in [6.45, 7) is 8.47. The molecule has 0 unspecified atom stereocenters. The average Bonchev–Trinajstić information content (AvgIpc) is 2.77. The number of benzene rings is 1. The molecule has 0 amide bonds. The minimum atomic E-state index is -0.0163. The highest BCUT2D eigenvalue weighted by Gasteiger charge is 2.14. The summed E-state index contributed by atoms with van der Waals surface area (Å²) in [4.78, 5) is 0. The second kappa shape index (κ2) is 4.94. The van der Waals surface area contributed by atoms with Crippen LogP contribution in [0.1, 0.15) is 42.3 Å². The molecule has 0 aliphatic carbocycles. The van der Waals surface area contributed by atoms with Crippen LogP contribution in [0, 0.1) is 13.8 Å². The summed E-state index contributed by atoms with van der Waals surface area (Å²) in [5.74, 6) is 0.373. The highest BCUT2D eigenvalue weighted by Crippen LogP contribution is 2.23. The van der Waals surface area contributed by atoms with E-state index in [2.05, 4.69) is 44.9 Å². The van der Waals surface area contributed by atoms with Gasteiger partial charge in [-0.3, -0.25) is 0 Å². The van der Waals surface area contributed by atoms with Crippen molar-refractivity contribution < 1.29 is 5.11 Å². The van der Waals surface area contributed by atoms with E-state index in [1.807, 2.05) is 16.8 Å². The van der Waals surface area contributed by atoms with Gasteiger partial charge in [-0.25, -0.2) is 4.68 Å². The zero-order valence-corrected chi connectivity index (χ0v) is 11.4. The van der Waals surface area contributed by atoms with Crippen molar-refractivity contribution in [2.75, 3.05) is 0 Å². The van der Waals surface area contributed by atoms with Gasteiger partial charge in [0.15, 0.2) is 0 Å². The Morgan fingerprint density at radius 1 is 1.28 bits per heavy atom. The summed E-state index contributed by atoms with van der Waals surface area (Å²) < 4.78 is 1.96. The van der Waals surface area contributed by atoms with Gasteiger partial charge in [0.05, 0.1) is 18.0 Å². The summed E-state index contributed by atoms with van der Waals surface area (Å²) in [5, 5.41) is 13.7. The maximum Gasteiger partial charge on any atom is 0.0886 e. The molecule has 0 saturated carbocycles. The Kier molecular flexibility index (Phi) is 3.53. The van der Waals surface area contributed by atoms with Gasteiger partial charge in [-0.1, -0.05) is 26.0 Å². The topological polar surface area (TPSA) is 38.0 Å². The van der Waals surface area contributed by atoms with E-state index in [1.54, 1.807) is 0 Å². The number of rotatable bonds is 3. The highest BCUT2D eigenvalue weighted by atomic mass is 16.3. The molecule has 2 rings (SSSR count). The Hall–Kier alpha value is -1.61. The van der Waals surface area contributed by atoms with Crippen LogP contribution in [-0.2, 0) is 6.61 Å².